The van der Waals surface area contributed by atoms with Crippen LogP contribution in [0.4, 0.5) is 16.6 Å². The number of nitro groups is 1. The summed E-state index contributed by atoms with van der Waals surface area (Å²) in [6, 6.07) is 16.4. The third-order valence-electron chi connectivity index (χ3n) is 5.99. The zero-order valence-electron chi connectivity index (χ0n) is 18.3. The number of piperidine rings is 1. The number of rotatable bonds is 6. The minimum absolute atomic E-state index is 0.0280. The van der Waals surface area contributed by atoms with E-state index in [1.54, 1.807) is 35.6 Å². The lowest BCUT2D eigenvalue weighted by atomic mass is 9.99. The molecule has 33 heavy (non-hydrogen) atoms. The molecule has 1 aliphatic rings. The fraction of sp³-hybridized carbons (Fsp3) is 0.292. The first-order valence-corrected chi connectivity index (χ1v) is 11.8. The minimum Gasteiger partial charge on any atom is -0.315 e. The Kier molecular flexibility index (Phi) is 5.97. The number of aromatic nitrogens is 3. The molecule has 4 aromatic rings. The van der Waals surface area contributed by atoms with Crippen LogP contribution in [0.1, 0.15) is 25.3 Å². The predicted octanol–water partition coefficient (Wildman–Crippen LogP) is 5.64. The van der Waals surface area contributed by atoms with Crippen LogP contribution >= 0.6 is 11.3 Å². The van der Waals surface area contributed by atoms with Gasteiger partial charge in [0.15, 0.2) is 10.9 Å². The van der Waals surface area contributed by atoms with Gasteiger partial charge in [-0.05, 0) is 61.7 Å². The normalized spacial score (nSPS) is 15.1. The molecule has 9 heteroatoms. The van der Waals surface area contributed by atoms with Crippen molar-refractivity contribution >= 4 is 38.2 Å². The standard InChI is InChI=1S/C24H24N6O2S/c1-16-9-11-29(12-10-16)15-17-5-6-21-22(13-17)33-24(25-21)26-23-8-7-20(27-28-23)18-3-2-4-19(14-18)30(31)32/h2-8,13-14,16H,9-12,15H2,1H3,(H,25,26,28). The Balaban J connectivity index is 1.28. The largest absolute Gasteiger partial charge is 0.315 e. The molecule has 2 aromatic heterocycles. The molecule has 1 N–H and O–H groups in total. The average Bonchev–Trinajstić information content (AvgIpc) is 3.22. The van der Waals surface area contributed by atoms with Crippen molar-refractivity contribution in [2.75, 3.05) is 18.4 Å². The Labute approximate surface area is 195 Å². The van der Waals surface area contributed by atoms with Crippen LogP contribution in [0.2, 0.25) is 0 Å². The summed E-state index contributed by atoms with van der Waals surface area (Å²) in [7, 11) is 0. The molecule has 5 rings (SSSR count). The molecule has 1 aliphatic heterocycles. The van der Waals surface area contributed by atoms with Gasteiger partial charge in [-0.1, -0.05) is 36.5 Å². The van der Waals surface area contributed by atoms with Crippen LogP contribution in [0, 0.1) is 16.0 Å². The molecule has 0 spiro atoms. The minimum atomic E-state index is -0.418. The number of nitro benzene ring substituents is 1. The molecule has 3 heterocycles. The maximum atomic E-state index is 11.0. The number of hydrogen-bond donors (Lipinski definition) is 1. The summed E-state index contributed by atoms with van der Waals surface area (Å²) in [5.41, 5.74) is 3.53. The van der Waals surface area contributed by atoms with E-state index in [1.165, 1.54) is 43.6 Å². The van der Waals surface area contributed by atoms with Gasteiger partial charge in [-0.15, -0.1) is 10.2 Å². The van der Waals surface area contributed by atoms with E-state index in [1.807, 2.05) is 0 Å². The number of nitrogens with zero attached hydrogens (tertiary/aromatic N) is 5. The van der Waals surface area contributed by atoms with Gasteiger partial charge in [-0.2, -0.15) is 0 Å². The van der Waals surface area contributed by atoms with Crippen molar-refractivity contribution in [3.8, 4) is 11.3 Å². The fourth-order valence-electron chi connectivity index (χ4n) is 4.04. The molecule has 0 amide bonds. The van der Waals surface area contributed by atoms with Gasteiger partial charge in [0.2, 0.25) is 0 Å². The van der Waals surface area contributed by atoms with E-state index in [2.05, 4.69) is 50.5 Å². The summed E-state index contributed by atoms with van der Waals surface area (Å²) in [5.74, 6) is 1.41. The van der Waals surface area contributed by atoms with Crippen LogP contribution in [0.15, 0.2) is 54.6 Å². The molecular weight excluding hydrogens is 436 g/mol. The van der Waals surface area contributed by atoms with E-state index in [0.29, 0.717) is 17.1 Å². The summed E-state index contributed by atoms with van der Waals surface area (Å²) in [6.07, 6.45) is 2.55. The van der Waals surface area contributed by atoms with Gasteiger partial charge in [-0.3, -0.25) is 15.0 Å². The number of anilines is 2. The van der Waals surface area contributed by atoms with E-state index >= 15 is 0 Å². The van der Waals surface area contributed by atoms with E-state index < -0.39 is 4.92 Å². The number of benzene rings is 2. The van der Waals surface area contributed by atoms with Crippen molar-refractivity contribution in [1.82, 2.24) is 20.1 Å². The maximum Gasteiger partial charge on any atom is 0.270 e. The number of likely N-dealkylation sites (tertiary alicyclic amines) is 1. The third kappa shape index (κ3) is 4.99. The van der Waals surface area contributed by atoms with Crippen LogP contribution in [0.5, 0.6) is 0 Å². The monoisotopic (exact) mass is 460 g/mol. The first kappa shape index (κ1) is 21.4. The molecule has 0 atom stereocenters. The third-order valence-corrected chi connectivity index (χ3v) is 6.92. The maximum absolute atomic E-state index is 11.0. The molecule has 1 saturated heterocycles. The second-order valence-corrected chi connectivity index (χ2v) is 9.55. The summed E-state index contributed by atoms with van der Waals surface area (Å²) >= 11 is 1.59. The molecule has 1 fully saturated rings. The van der Waals surface area contributed by atoms with Crippen LogP contribution in [-0.2, 0) is 6.54 Å². The molecule has 2 aromatic carbocycles. The van der Waals surface area contributed by atoms with E-state index in [9.17, 15) is 10.1 Å². The quantitative estimate of drug-likeness (QED) is 0.294. The topological polar surface area (TPSA) is 97.1 Å². The first-order valence-electron chi connectivity index (χ1n) is 11.0. The summed E-state index contributed by atoms with van der Waals surface area (Å²) in [5, 5.41) is 23.4. The Morgan fingerprint density at radius 1 is 1.12 bits per heavy atom. The fourth-order valence-corrected chi connectivity index (χ4v) is 4.98. The van der Waals surface area contributed by atoms with Gasteiger partial charge in [0.25, 0.3) is 5.69 Å². The average molecular weight is 461 g/mol. The molecule has 168 valence electrons. The van der Waals surface area contributed by atoms with E-state index in [0.717, 1.165) is 27.8 Å². The van der Waals surface area contributed by atoms with Crippen molar-refractivity contribution in [3.63, 3.8) is 0 Å². The lowest BCUT2D eigenvalue weighted by Crippen LogP contribution is -2.32. The molecule has 8 nitrogen and oxygen atoms in total. The van der Waals surface area contributed by atoms with Gasteiger partial charge in [-0.25, -0.2) is 4.98 Å². The number of fused-ring (bicyclic) bond motifs is 1. The Morgan fingerprint density at radius 2 is 1.97 bits per heavy atom. The van der Waals surface area contributed by atoms with Crippen molar-refractivity contribution in [3.05, 3.63) is 70.3 Å². The molecule has 0 bridgehead atoms. The van der Waals surface area contributed by atoms with Crippen molar-refractivity contribution in [2.45, 2.75) is 26.3 Å². The number of thiazole rings is 1. The zero-order chi connectivity index (χ0) is 22.8. The Morgan fingerprint density at radius 3 is 2.73 bits per heavy atom. The Hall–Kier alpha value is -3.43. The highest BCUT2D eigenvalue weighted by Crippen LogP contribution is 2.30. The molecule has 0 radical (unpaired) electrons. The first-order chi connectivity index (χ1) is 16.0. The van der Waals surface area contributed by atoms with E-state index in [-0.39, 0.29) is 5.69 Å². The molecular formula is C24H24N6O2S. The highest BCUT2D eigenvalue weighted by atomic mass is 32.1. The van der Waals surface area contributed by atoms with Crippen LogP contribution in [-0.4, -0.2) is 38.1 Å². The second-order valence-electron chi connectivity index (χ2n) is 8.52. The van der Waals surface area contributed by atoms with Gasteiger partial charge < -0.3 is 5.32 Å². The Bertz CT molecular complexity index is 1280. The van der Waals surface area contributed by atoms with E-state index in [4.69, 9.17) is 0 Å². The summed E-state index contributed by atoms with van der Waals surface area (Å²) in [4.78, 5) is 17.8. The number of hydrogen-bond acceptors (Lipinski definition) is 8. The van der Waals surface area contributed by atoms with Gasteiger partial charge in [0, 0.05) is 24.2 Å². The lowest BCUT2D eigenvalue weighted by Gasteiger charge is -2.30. The van der Waals surface area contributed by atoms with Gasteiger partial charge >= 0.3 is 0 Å². The lowest BCUT2D eigenvalue weighted by molar-refractivity contribution is -0.384. The van der Waals surface area contributed by atoms with Crippen LogP contribution in [0.25, 0.3) is 21.5 Å². The van der Waals surface area contributed by atoms with Crippen molar-refractivity contribution in [2.24, 2.45) is 5.92 Å². The number of nitrogens with one attached hydrogen (secondary N) is 1. The van der Waals surface area contributed by atoms with Gasteiger partial charge in [0.1, 0.15) is 0 Å². The van der Waals surface area contributed by atoms with Crippen LogP contribution in [0.3, 0.4) is 0 Å². The summed E-state index contributed by atoms with van der Waals surface area (Å²) < 4.78 is 1.14. The molecule has 0 saturated carbocycles. The van der Waals surface area contributed by atoms with Crippen LogP contribution < -0.4 is 5.32 Å². The SMILES string of the molecule is CC1CCN(Cc2ccc3nc(Nc4ccc(-c5cccc([N+](=O)[O-])c5)nn4)sc3c2)CC1. The van der Waals surface area contributed by atoms with Crippen molar-refractivity contribution in [1.29, 1.82) is 0 Å². The highest BCUT2D eigenvalue weighted by molar-refractivity contribution is 7.22. The zero-order valence-corrected chi connectivity index (χ0v) is 19.1. The molecule has 0 aliphatic carbocycles. The summed E-state index contributed by atoms with van der Waals surface area (Å²) in [6.45, 7) is 5.65. The highest BCUT2D eigenvalue weighted by Gasteiger charge is 2.16. The smallest absolute Gasteiger partial charge is 0.270 e. The second kappa shape index (κ2) is 9.21. The van der Waals surface area contributed by atoms with Gasteiger partial charge in [0.05, 0.1) is 20.8 Å². The van der Waals surface area contributed by atoms with Crippen molar-refractivity contribution < 1.29 is 4.92 Å². The number of non-ortho nitro benzene ring substituents is 1. The molecule has 0 unspecified atom stereocenters. The predicted molar refractivity (Wildman–Crippen MR) is 131 cm³/mol.